The number of hydrogen-bond acceptors (Lipinski definition) is 2. The molecule has 0 heterocycles. The van der Waals surface area contributed by atoms with E-state index in [1.807, 2.05) is 48.5 Å². The molecule has 2 nitrogen and oxygen atoms in total. The monoisotopic (exact) mass is 298 g/mol. The van der Waals surface area contributed by atoms with Crippen LogP contribution in [0.4, 0.5) is 0 Å². The molecule has 0 unspecified atom stereocenters. The number of hydrogen-bond donors (Lipinski definition) is 0. The maximum Gasteiger partial charge on any atom is 0.576 e. The van der Waals surface area contributed by atoms with Gasteiger partial charge in [0, 0.05) is 10.8 Å². The molecule has 0 aliphatic heterocycles. The van der Waals surface area contributed by atoms with Gasteiger partial charge in [-0.25, -0.2) is 0 Å². The highest BCUT2D eigenvalue weighted by atomic mass is 16.6. The molecule has 0 aromatic heterocycles. The number of benzene rings is 4. The Morgan fingerprint density at radius 1 is 0.478 bits per heavy atom. The van der Waals surface area contributed by atoms with Crippen LogP contribution in [0.25, 0.3) is 21.5 Å². The fraction of sp³-hybridized carbons (Fsp3) is 0. The van der Waals surface area contributed by atoms with E-state index in [9.17, 15) is 0 Å². The molecule has 0 N–H and O–H groups in total. The minimum absolute atomic E-state index is 0.183. The summed E-state index contributed by atoms with van der Waals surface area (Å²) in [6.07, 6.45) is 0. The fourth-order valence-electron chi connectivity index (χ4n) is 2.80. The highest BCUT2D eigenvalue weighted by Gasteiger charge is 2.06. The Kier molecular flexibility index (Phi) is 3.61. The zero-order valence-corrected chi connectivity index (χ0v) is 12.6. The average Bonchev–Trinajstić information content (AvgIpc) is 2.62. The molecular weight excluding hydrogens is 283 g/mol. The van der Waals surface area contributed by atoms with Crippen molar-refractivity contribution >= 4 is 29.2 Å². The third-order valence-electron chi connectivity index (χ3n) is 3.93. The van der Waals surface area contributed by atoms with E-state index < -0.39 is 0 Å². The molecule has 23 heavy (non-hydrogen) atoms. The highest BCUT2D eigenvalue weighted by Crippen LogP contribution is 2.27. The van der Waals surface area contributed by atoms with E-state index in [0.29, 0.717) is 0 Å². The van der Waals surface area contributed by atoms with Gasteiger partial charge in [0.25, 0.3) is 0 Å². The molecular formula is C20H15BO2. The van der Waals surface area contributed by atoms with E-state index in [1.54, 1.807) is 0 Å². The van der Waals surface area contributed by atoms with Crippen LogP contribution in [0.15, 0.2) is 84.9 Å². The minimum Gasteiger partial charge on any atom is -0.528 e. The summed E-state index contributed by atoms with van der Waals surface area (Å²) >= 11 is 0. The van der Waals surface area contributed by atoms with Crippen LogP contribution in [-0.2, 0) is 0 Å². The lowest BCUT2D eigenvalue weighted by atomic mass is 10.1. The molecule has 0 atom stereocenters. The smallest absolute Gasteiger partial charge is 0.528 e. The van der Waals surface area contributed by atoms with Gasteiger partial charge < -0.3 is 9.31 Å². The summed E-state index contributed by atoms with van der Waals surface area (Å²) in [5.41, 5.74) is 0. The zero-order chi connectivity index (χ0) is 15.5. The van der Waals surface area contributed by atoms with Gasteiger partial charge in [0.2, 0.25) is 0 Å². The van der Waals surface area contributed by atoms with Crippen molar-refractivity contribution in [2.24, 2.45) is 0 Å². The van der Waals surface area contributed by atoms with Gasteiger partial charge in [-0.05, 0) is 22.9 Å². The molecule has 4 aromatic rings. The summed E-state index contributed by atoms with van der Waals surface area (Å²) in [4.78, 5) is 0. The summed E-state index contributed by atoms with van der Waals surface area (Å²) < 4.78 is 11.7. The topological polar surface area (TPSA) is 18.5 Å². The maximum atomic E-state index is 5.85. The molecule has 4 rings (SSSR count). The summed E-state index contributed by atoms with van der Waals surface area (Å²) in [6.45, 7) is 0. The molecule has 4 aromatic carbocycles. The van der Waals surface area contributed by atoms with Gasteiger partial charge >= 0.3 is 7.69 Å². The summed E-state index contributed by atoms with van der Waals surface area (Å²) in [7, 11) is 0.183. The number of rotatable bonds is 4. The third kappa shape index (κ3) is 2.73. The van der Waals surface area contributed by atoms with E-state index in [0.717, 1.165) is 33.0 Å². The quantitative estimate of drug-likeness (QED) is 0.508. The van der Waals surface area contributed by atoms with E-state index in [2.05, 4.69) is 36.4 Å². The first-order valence-corrected chi connectivity index (χ1v) is 7.63. The largest absolute Gasteiger partial charge is 0.576 e. The van der Waals surface area contributed by atoms with Gasteiger partial charge in [-0.3, -0.25) is 0 Å². The first kappa shape index (κ1) is 13.7. The molecule has 0 saturated heterocycles. The molecule has 3 heteroatoms. The first-order valence-electron chi connectivity index (χ1n) is 7.63. The van der Waals surface area contributed by atoms with Crippen LogP contribution in [0.5, 0.6) is 11.5 Å². The Labute approximate surface area is 135 Å². The van der Waals surface area contributed by atoms with Crippen LogP contribution in [0.1, 0.15) is 0 Å². The van der Waals surface area contributed by atoms with Gasteiger partial charge in [-0.1, -0.05) is 72.8 Å². The summed E-state index contributed by atoms with van der Waals surface area (Å²) in [5, 5.41) is 4.51. The predicted molar refractivity (Wildman–Crippen MR) is 96.3 cm³/mol. The summed E-state index contributed by atoms with van der Waals surface area (Å²) in [5.74, 6) is 1.67. The molecule has 0 spiro atoms. The van der Waals surface area contributed by atoms with Gasteiger partial charge in [0.05, 0.1) is 0 Å². The number of fused-ring (bicyclic) bond motifs is 2. The Bertz CT molecular complexity index is 876. The second-order valence-corrected chi connectivity index (χ2v) is 5.36. The first-order chi connectivity index (χ1) is 11.4. The molecule has 110 valence electrons. The second-order valence-electron chi connectivity index (χ2n) is 5.36. The van der Waals surface area contributed by atoms with Crippen molar-refractivity contribution in [1.29, 1.82) is 0 Å². The Morgan fingerprint density at radius 2 is 0.913 bits per heavy atom. The lowest BCUT2D eigenvalue weighted by molar-refractivity contribution is 0.465. The van der Waals surface area contributed by atoms with Gasteiger partial charge in [0.1, 0.15) is 11.5 Å². The van der Waals surface area contributed by atoms with Crippen molar-refractivity contribution in [3.05, 3.63) is 84.9 Å². The van der Waals surface area contributed by atoms with Crippen molar-refractivity contribution in [2.45, 2.75) is 0 Å². The molecule has 0 bridgehead atoms. The average molecular weight is 298 g/mol. The summed E-state index contributed by atoms with van der Waals surface area (Å²) in [6, 6.07) is 28.4. The van der Waals surface area contributed by atoms with Crippen LogP contribution in [0.3, 0.4) is 0 Å². The molecule has 0 radical (unpaired) electrons. The molecule has 0 amide bonds. The van der Waals surface area contributed by atoms with Crippen LogP contribution in [-0.4, -0.2) is 7.69 Å². The Balaban J connectivity index is 1.55. The molecule has 0 fully saturated rings. The maximum absolute atomic E-state index is 5.85. The normalized spacial score (nSPS) is 10.6. The second kappa shape index (κ2) is 6.05. The minimum atomic E-state index is 0.183. The van der Waals surface area contributed by atoms with E-state index in [4.69, 9.17) is 9.31 Å². The van der Waals surface area contributed by atoms with E-state index in [1.165, 1.54) is 0 Å². The lowest BCUT2D eigenvalue weighted by Gasteiger charge is -2.11. The zero-order valence-electron chi connectivity index (χ0n) is 12.6. The van der Waals surface area contributed by atoms with Crippen molar-refractivity contribution in [3.63, 3.8) is 0 Å². The SMILES string of the molecule is B(Oc1cccc2ccccc12)Oc1cccc2ccccc12. The Morgan fingerprint density at radius 3 is 1.43 bits per heavy atom. The van der Waals surface area contributed by atoms with Gasteiger partial charge in [0.15, 0.2) is 0 Å². The van der Waals surface area contributed by atoms with Crippen LogP contribution in [0.2, 0.25) is 0 Å². The standard InChI is InChI=1S/C20H15BO2/c1-3-11-17-15(7-1)9-5-13-19(17)22-21-23-20-14-6-10-16-8-2-4-12-18(16)20/h1-14,21H. The van der Waals surface area contributed by atoms with Gasteiger partial charge in [-0.15, -0.1) is 0 Å². The van der Waals surface area contributed by atoms with Crippen LogP contribution in [0, 0.1) is 0 Å². The van der Waals surface area contributed by atoms with Crippen molar-refractivity contribution in [2.75, 3.05) is 0 Å². The van der Waals surface area contributed by atoms with Crippen molar-refractivity contribution in [3.8, 4) is 11.5 Å². The molecule has 0 saturated carbocycles. The molecule has 0 aliphatic carbocycles. The highest BCUT2D eigenvalue weighted by molar-refractivity contribution is 6.22. The lowest BCUT2D eigenvalue weighted by Crippen LogP contribution is -2.11. The predicted octanol–water partition coefficient (Wildman–Crippen LogP) is 4.72. The van der Waals surface area contributed by atoms with Crippen LogP contribution >= 0.6 is 0 Å². The van der Waals surface area contributed by atoms with Crippen molar-refractivity contribution in [1.82, 2.24) is 0 Å². The fourth-order valence-corrected chi connectivity index (χ4v) is 2.80. The van der Waals surface area contributed by atoms with Gasteiger partial charge in [-0.2, -0.15) is 0 Å². The van der Waals surface area contributed by atoms with Crippen LogP contribution < -0.4 is 9.31 Å². The third-order valence-corrected chi connectivity index (χ3v) is 3.93. The molecule has 0 aliphatic rings. The van der Waals surface area contributed by atoms with E-state index in [-0.39, 0.29) is 7.69 Å². The van der Waals surface area contributed by atoms with Crippen molar-refractivity contribution < 1.29 is 9.31 Å². The van der Waals surface area contributed by atoms with E-state index >= 15 is 0 Å². The Hall–Kier alpha value is -2.94.